The first-order valence-electron chi connectivity index (χ1n) is 8.36. The zero-order chi connectivity index (χ0) is 19.5. The van der Waals surface area contributed by atoms with Crippen molar-refractivity contribution in [3.8, 4) is 5.88 Å². The second kappa shape index (κ2) is 7.81. The van der Waals surface area contributed by atoms with Gasteiger partial charge in [-0.2, -0.15) is 13.2 Å². The fourth-order valence-corrected chi connectivity index (χ4v) is 4.29. The molecule has 1 aromatic heterocycles. The van der Waals surface area contributed by atoms with Crippen LogP contribution in [0.15, 0.2) is 47.8 Å². The van der Waals surface area contributed by atoms with E-state index in [4.69, 9.17) is 4.74 Å². The molecule has 0 radical (unpaired) electrons. The number of aromatic nitrogens is 2. The van der Waals surface area contributed by atoms with Gasteiger partial charge in [0.2, 0.25) is 15.9 Å². The first kappa shape index (κ1) is 19.6. The van der Waals surface area contributed by atoms with Crippen LogP contribution < -0.4 is 9.46 Å². The summed E-state index contributed by atoms with van der Waals surface area (Å²) >= 11 is 0. The number of benzene rings is 1. The van der Waals surface area contributed by atoms with Crippen LogP contribution >= 0.6 is 0 Å². The van der Waals surface area contributed by atoms with E-state index in [0.717, 1.165) is 18.2 Å². The van der Waals surface area contributed by atoms with Gasteiger partial charge in [0, 0.05) is 18.4 Å². The summed E-state index contributed by atoms with van der Waals surface area (Å²) < 4.78 is 71.4. The number of rotatable bonds is 5. The van der Waals surface area contributed by atoms with Gasteiger partial charge in [0.05, 0.1) is 16.7 Å². The van der Waals surface area contributed by atoms with Gasteiger partial charge in [-0.3, -0.25) is 4.98 Å². The van der Waals surface area contributed by atoms with Crippen LogP contribution in [-0.2, 0) is 16.2 Å². The van der Waals surface area contributed by atoms with E-state index < -0.39 is 26.7 Å². The van der Waals surface area contributed by atoms with Crippen LogP contribution in [0, 0.1) is 0 Å². The molecule has 0 bridgehead atoms. The summed E-state index contributed by atoms with van der Waals surface area (Å²) in [6.45, 7) is 0. The van der Waals surface area contributed by atoms with Crippen molar-refractivity contribution in [3.05, 3.63) is 48.4 Å². The van der Waals surface area contributed by atoms with Gasteiger partial charge in [-0.05, 0) is 43.9 Å². The van der Waals surface area contributed by atoms with Crippen LogP contribution in [0.1, 0.15) is 31.2 Å². The Morgan fingerprint density at radius 2 is 1.85 bits per heavy atom. The van der Waals surface area contributed by atoms with Crippen molar-refractivity contribution in [1.29, 1.82) is 0 Å². The lowest BCUT2D eigenvalue weighted by atomic mass is 9.94. The van der Waals surface area contributed by atoms with Crippen LogP contribution in [0.4, 0.5) is 13.2 Å². The predicted octanol–water partition coefficient (Wildman–Crippen LogP) is 3.16. The maximum absolute atomic E-state index is 12.8. The van der Waals surface area contributed by atoms with E-state index in [1.165, 1.54) is 18.6 Å². The third-order valence-electron chi connectivity index (χ3n) is 4.29. The Kier molecular flexibility index (Phi) is 5.66. The fraction of sp³-hybridized carbons (Fsp3) is 0.412. The van der Waals surface area contributed by atoms with E-state index in [0.29, 0.717) is 37.6 Å². The number of sulfonamides is 1. The molecule has 0 unspecified atom stereocenters. The molecule has 0 spiro atoms. The molecular formula is C17H18F3N3O3S. The summed E-state index contributed by atoms with van der Waals surface area (Å²) in [5.41, 5.74) is -0.994. The highest BCUT2D eigenvalue weighted by Crippen LogP contribution is 2.31. The maximum atomic E-state index is 12.8. The van der Waals surface area contributed by atoms with E-state index in [1.807, 2.05) is 0 Å². The van der Waals surface area contributed by atoms with Crippen LogP contribution in [0.3, 0.4) is 0 Å². The molecule has 3 rings (SSSR count). The molecule has 6 nitrogen and oxygen atoms in total. The fourth-order valence-electron chi connectivity index (χ4n) is 2.94. The largest absolute Gasteiger partial charge is 0.473 e. The van der Waals surface area contributed by atoms with E-state index in [-0.39, 0.29) is 12.1 Å². The third kappa shape index (κ3) is 5.16. The normalized spacial score (nSPS) is 21.0. The van der Waals surface area contributed by atoms with Gasteiger partial charge in [0.1, 0.15) is 6.10 Å². The third-order valence-corrected chi connectivity index (χ3v) is 5.81. The van der Waals surface area contributed by atoms with Crippen molar-refractivity contribution in [3.63, 3.8) is 0 Å². The summed E-state index contributed by atoms with van der Waals surface area (Å²) in [6.07, 6.45) is 2.10. The van der Waals surface area contributed by atoms with E-state index >= 15 is 0 Å². The molecule has 10 heteroatoms. The van der Waals surface area contributed by atoms with Crippen molar-refractivity contribution < 1.29 is 26.3 Å². The molecular weight excluding hydrogens is 383 g/mol. The van der Waals surface area contributed by atoms with Gasteiger partial charge in [-0.25, -0.2) is 18.1 Å². The average Bonchev–Trinajstić information content (AvgIpc) is 2.63. The quantitative estimate of drug-likeness (QED) is 0.832. The number of halogens is 3. The lowest BCUT2D eigenvalue weighted by Gasteiger charge is -2.29. The number of hydrogen-bond donors (Lipinski definition) is 1. The SMILES string of the molecule is O=S(=O)(NC1CCC(Oc2cnccn2)CC1)c1cccc(C(F)(F)F)c1. The number of nitrogens with one attached hydrogen (secondary N) is 1. The lowest BCUT2D eigenvalue weighted by Crippen LogP contribution is -2.39. The second-order valence-corrected chi connectivity index (χ2v) is 8.00. The summed E-state index contributed by atoms with van der Waals surface area (Å²) in [6, 6.07) is 3.37. The highest BCUT2D eigenvalue weighted by molar-refractivity contribution is 7.89. The van der Waals surface area contributed by atoms with Crippen molar-refractivity contribution in [2.75, 3.05) is 0 Å². The molecule has 1 heterocycles. The summed E-state index contributed by atoms with van der Waals surface area (Å²) in [5.74, 6) is 0.408. The van der Waals surface area contributed by atoms with Crippen molar-refractivity contribution >= 4 is 10.0 Å². The zero-order valence-corrected chi connectivity index (χ0v) is 15.0. The predicted molar refractivity (Wildman–Crippen MR) is 90.5 cm³/mol. The molecule has 1 aromatic carbocycles. The Morgan fingerprint density at radius 3 is 2.48 bits per heavy atom. The molecule has 1 aliphatic carbocycles. The van der Waals surface area contributed by atoms with Gasteiger partial charge in [-0.15, -0.1) is 0 Å². The number of alkyl halides is 3. The lowest BCUT2D eigenvalue weighted by molar-refractivity contribution is -0.137. The minimum atomic E-state index is -4.60. The molecule has 0 atom stereocenters. The Morgan fingerprint density at radius 1 is 1.11 bits per heavy atom. The van der Waals surface area contributed by atoms with Gasteiger partial charge in [-0.1, -0.05) is 6.07 Å². The smallest absolute Gasteiger partial charge is 0.416 e. The standard InChI is InChI=1S/C17H18F3N3O3S/c18-17(19,20)12-2-1-3-15(10-12)27(24,25)23-13-4-6-14(7-5-13)26-16-11-21-8-9-22-16/h1-3,8-11,13-14,23H,4-7H2. The van der Waals surface area contributed by atoms with Crippen molar-refractivity contribution in [2.24, 2.45) is 0 Å². The van der Waals surface area contributed by atoms with Gasteiger partial charge < -0.3 is 4.74 Å². The van der Waals surface area contributed by atoms with Crippen LogP contribution in [0.25, 0.3) is 0 Å². The first-order valence-corrected chi connectivity index (χ1v) is 9.84. The van der Waals surface area contributed by atoms with E-state index in [2.05, 4.69) is 14.7 Å². The highest BCUT2D eigenvalue weighted by Gasteiger charge is 2.32. The molecule has 2 aromatic rings. The Hall–Kier alpha value is -2.20. The maximum Gasteiger partial charge on any atom is 0.416 e. The molecule has 146 valence electrons. The topological polar surface area (TPSA) is 81.2 Å². The van der Waals surface area contributed by atoms with Crippen LogP contribution in [-0.4, -0.2) is 30.5 Å². The Labute approximate surface area is 154 Å². The molecule has 27 heavy (non-hydrogen) atoms. The highest BCUT2D eigenvalue weighted by atomic mass is 32.2. The van der Waals surface area contributed by atoms with E-state index in [1.54, 1.807) is 0 Å². The number of hydrogen-bond acceptors (Lipinski definition) is 5. The molecule has 1 aliphatic rings. The Balaban J connectivity index is 1.59. The molecule has 1 saturated carbocycles. The van der Waals surface area contributed by atoms with Gasteiger partial charge in [0.25, 0.3) is 0 Å². The monoisotopic (exact) mass is 401 g/mol. The van der Waals surface area contributed by atoms with Gasteiger partial charge >= 0.3 is 6.18 Å². The van der Waals surface area contributed by atoms with Crippen LogP contribution in [0.2, 0.25) is 0 Å². The molecule has 1 N–H and O–H groups in total. The summed E-state index contributed by atoms with van der Waals surface area (Å²) in [4.78, 5) is 7.55. The molecule has 1 fully saturated rings. The summed E-state index contributed by atoms with van der Waals surface area (Å²) in [5, 5.41) is 0. The van der Waals surface area contributed by atoms with Gasteiger partial charge in [0.15, 0.2) is 0 Å². The number of ether oxygens (including phenoxy) is 1. The minimum Gasteiger partial charge on any atom is -0.473 e. The molecule has 0 saturated heterocycles. The van der Waals surface area contributed by atoms with Crippen LogP contribution in [0.5, 0.6) is 5.88 Å². The summed E-state index contributed by atoms with van der Waals surface area (Å²) in [7, 11) is -4.03. The van der Waals surface area contributed by atoms with E-state index in [9.17, 15) is 21.6 Å². The van der Waals surface area contributed by atoms with Crippen molar-refractivity contribution in [1.82, 2.24) is 14.7 Å². The minimum absolute atomic E-state index is 0.101. The molecule has 0 aliphatic heterocycles. The first-order chi connectivity index (χ1) is 12.7. The Bertz CT molecular complexity index is 868. The second-order valence-electron chi connectivity index (χ2n) is 6.28. The molecule has 0 amide bonds. The average molecular weight is 401 g/mol. The zero-order valence-electron chi connectivity index (χ0n) is 14.2. The number of nitrogens with zero attached hydrogens (tertiary/aromatic N) is 2. The van der Waals surface area contributed by atoms with Crippen molar-refractivity contribution in [2.45, 2.75) is 48.9 Å².